The van der Waals surface area contributed by atoms with Crippen molar-refractivity contribution in [3.8, 4) is 56.4 Å². The van der Waals surface area contributed by atoms with Crippen LogP contribution < -0.4 is 0 Å². The molecule has 0 aliphatic rings. The smallest absolute Gasteiger partial charge is 0.164 e. The van der Waals surface area contributed by atoms with Crippen molar-refractivity contribution >= 4 is 43.9 Å². The van der Waals surface area contributed by atoms with Crippen LogP contribution in [-0.4, -0.2) is 15.0 Å². The molecule has 0 saturated carbocycles. The lowest BCUT2D eigenvalue weighted by molar-refractivity contribution is 0.668. The summed E-state index contributed by atoms with van der Waals surface area (Å²) < 4.78 is 109. The topological polar surface area (TPSA) is 65.0 Å². The van der Waals surface area contributed by atoms with Crippen LogP contribution in [0.2, 0.25) is 0 Å². The number of nitrogens with zero attached hydrogens (tertiary/aromatic N) is 3. The number of aromatic nitrogens is 3. The first-order valence-corrected chi connectivity index (χ1v) is 15.7. The summed E-state index contributed by atoms with van der Waals surface area (Å²) in [5, 5.41) is 1.39. The highest BCUT2D eigenvalue weighted by Crippen LogP contribution is 2.35. The Morgan fingerprint density at radius 3 is 1.78 bits per heavy atom. The van der Waals surface area contributed by atoms with Gasteiger partial charge in [0.15, 0.2) is 17.5 Å². The molecule has 10 rings (SSSR count). The lowest BCUT2D eigenvalue weighted by Gasteiger charge is -2.10. The van der Waals surface area contributed by atoms with E-state index < -0.39 is 77.6 Å². The second-order valence-corrected chi connectivity index (χ2v) is 11.6. The summed E-state index contributed by atoms with van der Waals surface area (Å²) in [6, 6.07) is 23.9. The molecule has 7 aromatic carbocycles. The van der Waals surface area contributed by atoms with Gasteiger partial charge in [-0.25, -0.2) is 15.0 Å². The van der Waals surface area contributed by atoms with Crippen molar-refractivity contribution in [1.82, 2.24) is 15.0 Å². The standard InChI is InChI=1S/C45H27N3O2/c1-2-8-28(9-3-1)29-14-18-31(19-15-29)43-46-44(48-45(47-43)34-22-24-37-35-10-4-6-12-39(35)50-42(37)27-34)32-20-16-30(17-21-32)33-23-25-41-38(26-33)36-11-5-7-13-40(36)49-41/h1-27H/i5D,7D,11D,13D,16D,17D,20D,21D,23D,25D,26D. The van der Waals surface area contributed by atoms with E-state index in [1.165, 1.54) is 0 Å². The maximum Gasteiger partial charge on any atom is 0.164 e. The van der Waals surface area contributed by atoms with Crippen molar-refractivity contribution in [2.75, 3.05) is 0 Å². The minimum absolute atomic E-state index is 0.165. The van der Waals surface area contributed by atoms with Crippen LogP contribution in [0, 0.1) is 0 Å². The molecule has 0 radical (unpaired) electrons. The monoisotopic (exact) mass is 652 g/mol. The van der Waals surface area contributed by atoms with E-state index in [4.69, 9.17) is 32.0 Å². The highest BCUT2D eigenvalue weighted by molar-refractivity contribution is 6.07. The van der Waals surface area contributed by atoms with Crippen LogP contribution in [0.4, 0.5) is 0 Å². The third-order valence-corrected chi connectivity index (χ3v) is 8.51. The molecular formula is C45H27N3O2. The quantitative estimate of drug-likeness (QED) is 0.185. The van der Waals surface area contributed by atoms with E-state index in [-0.39, 0.29) is 45.0 Å². The molecule has 5 heteroatoms. The molecule has 0 aliphatic carbocycles. The number of para-hydroxylation sites is 2. The number of fused-ring (bicyclic) bond motifs is 6. The number of rotatable bonds is 5. The first-order valence-electron chi connectivity index (χ1n) is 21.2. The average molecular weight is 653 g/mol. The predicted molar refractivity (Wildman–Crippen MR) is 202 cm³/mol. The van der Waals surface area contributed by atoms with E-state index in [0.29, 0.717) is 22.3 Å². The molecule has 0 N–H and O–H groups in total. The molecule has 0 atom stereocenters. The van der Waals surface area contributed by atoms with Crippen LogP contribution in [0.15, 0.2) is 172 Å². The Morgan fingerprint density at radius 1 is 0.360 bits per heavy atom. The van der Waals surface area contributed by atoms with Gasteiger partial charge in [-0.3, -0.25) is 0 Å². The van der Waals surface area contributed by atoms with Crippen molar-refractivity contribution < 1.29 is 23.9 Å². The van der Waals surface area contributed by atoms with Gasteiger partial charge in [-0.1, -0.05) is 127 Å². The molecule has 234 valence electrons. The Bertz CT molecular complexity index is 3470. The zero-order valence-corrected chi connectivity index (χ0v) is 25.9. The summed E-state index contributed by atoms with van der Waals surface area (Å²) in [4.78, 5) is 14.3. The molecular weight excluding hydrogens is 615 g/mol. The second kappa shape index (κ2) is 11.4. The fraction of sp³-hybridized carbons (Fsp3) is 0. The highest BCUT2D eigenvalue weighted by Gasteiger charge is 2.16. The van der Waals surface area contributed by atoms with E-state index >= 15 is 0 Å². The zero-order chi connectivity index (χ0) is 42.6. The van der Waals surface area contributed by atoms with Gasteiger partial charge in [-0.2, -0.15) is 0 Å². The van der Waals surface area contributed by atoms with Crippen LogP contribution in [0.25, 0.3) is 100 Å². The van der Waals surface area contributed by atoms with Crippen LogP contribution in [0.1, 0.15) is 15.1 Å². The second-order valence-electron chi connectivity index (χ2n) is 11.6. The van der Waals surface area contributed by atoms with Crippen molar-refractivity contribution in [3.63, 3.8) is 0 Å². The Kier molecular flexibility index (Phi) is 4.38. The van der Waals surface area contributed by atoms with Crippen LogP contribution in [0.5, 0.6) is 0 Å². The van der Waals surface area contributed by atoms with Gasteiger partial charge in [0.1, 0.15) is 22.3 Å². The first-order chi connectivity index (χ1) is 29.3. The summed E-state index contributed by atoms with van der Waals surface area (Å²) in [7, 11) is 0. The van der Waals surface area contributed by atoms with Crippen molar-refractivity contribution in [3.05, 3.63) is 164 Å². The number of hydrogen-bond acceptors (Lipinski definition) is 5. The molecule has 0 saturated heterocycles. The van der Waals surface area contributed by atoms with E-state index in [1.54, 1.807) is 6.07 Å². The lowest BCUT2D eigenvalue weighted by atomic mass is 10.0. The maximum atomic E-state index is 9.28. The molecule has 0 bridgehead atoms. The summed E-state index contributed by atoms with van der Waals surface area (Å²) in [5.74, 6) is 0.178. The highest BCUT2D eigenvalue weighted by atomic mass is 16.3. The van der Waals surface area contributed by atoms with Gasteiger partial charge in [0.2, 0.25) is 0 Å². The molecule has 3 aromatic heterocycles. The third-order valence-electron chi connectivity index (χ3n) is 8.51. The van der Waals surface area contributed by atoms with Gasteiger partial charge in [0.05, 0.1) is 15.1 Å². The number of hydrogen-bond donors (Lipinski definition) is 0. The van der Waals surface area contributed by atoms with Gasteiger partial charge in [-0.15, -0.1) is 0 Å². The van der Waals surface area contributed by atoms with Crippen LogP contribution >= 0.6 is 0 Å². The Balaban J connectivity index is 1.19. The Morgan fingerprint density at radius 2 is 0.940 bits per heavy atom. The third kappa shape index (κ3) is 4.83. The Labute approximate surface area is 302 Å². The van der Waals surface area contributed by atoms with Gasteiger partial charge in [0.25, 0.3) is 0 Å². The fourth-order valence-electron chi connectivity index (χ4n) is 6.03. The number of furan rings is 2. The first kappa shape index (κ1) is 19.2. The molecule has 0 aliphatic heterocycles. The summed E-state index contributed by atoms with van der Waals surface area (Å²) in [6.07, 6.45) is 0. The van der Waals surface area contributed by atoms with Gasteiger partial charge in [0, 0.05) is 38.2 Å². The largest absolute Gasteiger partial charge is 0.456 e. The molecule has 0 spiro atoms. The predicted octanol–water partition coefficient (Wildman–Crippen LogP) is 12.0. The Hall–Kier alpha value is -6.85. The SMILES string of the molecule is [2H]c1c([2H])c(-c2c([2H])c([2H])c3oc4c([2H])c([2H])c([2H])c([2H])c4c3c2[2H])c([2H])c([2H])c1-c1nc(-c2ccc(-c3ccccc3)cc2)nc(-c2ccc3c(c2)oc2ccccc23)n1. The molecule has 10 aromatic rings. The minimum atomic E-state index is -0.648. The van der Waals surface area contributed by atoms with Crippen molar-refractivity contribution in [2.45, 2.75) is 0 Å². The van der Waals surface area contributed by atoms with Gasteiger partial charge < -0.3 is 8.83 Å². The summed E-state index contributed by atoms with van der Waals surface area (Å²) in [5.41, 5.74) is 2.51. The van der Waals surface area contributed by atoms with Crippen LogP contribution in [0.3, 0.4) is 0 Å². The fourth-order valence-corrected chi connectivity index (χ4v) is 6.03. The van der Waals surface area contributed by atoms with Crippen molar-refractivity contribution in [1.29, 1.82) is 0 Å². The minimum Gasteiger partial charge on any atom is -0.456 e. The van der Waals surface area contributed by atoms with E-state index in [2.05, 4.69) is 0 Å². The van der Waals surface area contributed by atoms with Crippen LogP contribution in [-0.2, 0) is 0 Å². The number of benzene rings is 7. The zero-order valence-electron chi connectivity index (χ0n) is 36.9. The maximum absolute atomic E-state index is 9.28. The van der Waals surface area contributed by atoms with Crippen molar-refractivity contribution in [2.24, 2.45) is 0 Å². The summed E-state index contributed by atoms with van der Waals surface area (Å²) >= 11 is 0. The average Bonchev–Trinajstić information content (AvgIpc) is 3.87. The molecule has 3 heterocycles. The van der Waals surface area contributed by atoms with Gasteiger partial charge in [-0.05, 0) is 58.6 Å². The molecule has 0 amide bonds. The molecule has 0 fully saturated rings. The molecule has 50 heavy (non-hydrogen) atoms. The van der Waals surface area contributed by atoms with Gasteiger partial charge >= 0.3 is 0 Å². The summed E-state index contributed by atoms with van der Waals surface area (Å²) in [6.45, 7) is 0. The molecule has 0 unspecified atom stereocenters. The normalized spacial score (nSPS) is 14.7. The van der Waals surface area contributed by atoms with E-state index in [9.17, 15) is 6.85 Å². The van der Waals surface area contributed by atoms with E-state index in [0.717, 1.165) is 21.9 Å². The van der Waals surface area contributed by atoms with E-state index in [1.807, 2.05) is 91.0 Å². The molecule has 5 nitrogen and oxygen atoms in total. The lowest BCUT2D eigenvalue weighted by Crippen LogP contribution is -2.00.